The Hall–Kier alpha value is -1.51. The molecule has 0 saturated heterocycles. The van der Waals surface area contributed by atoms with E-state index in [1.165, 1.54) is 0 Å². The Morgan fingerprint density at radius 1 is 1.46 bits per heavy atom. The largest absolute Gasteiger partial charge is 0.462 e. The molecule has 0 atom stereocenters. The van der Waals surface area contributed by atoms with Gasteiger partial charge in [-0.3, -0.25) is 0 Å². The summed E-state index contributed by atoms with van der Waals surface area (Å²) in [6.07, 6.45) is 0.769. The Labute approximate surface area is 76.5 Å². The normalized spacial score (nSPS) is 15.0. The van der Waals surface area contributed by atoms with Gasteiger partial charge in [0, 0.05) is 12.1 Å². The molecule has 0 spiro atoms. The number of esters is 1. The fraction of sp³-hybridized carbons (Fsp3) is 0.300. The van der Waals surface area contributed by atoms with Gasteiger partial charge in [-0.05, 0) is 30.2 Å². The summed E-state index contributed by atoms with van der Waals surface area (Å²) < 4.78 is 4.92. The predicted octanol–water partition coefficient (Wildman–Crippen LogP) is 1.29. The summed E-state index contributed by atoms with van der Waals surface area (Å²) in [6, 6.07) is 3.66. The van der Waals surface area contributed by atoms with E-state index in [-0.39, 0.29) is 5.97 Å². The first kappa shape index (κ1) is 8.10. The average molecular weight is 177 g/mol. The van der Waals surface area contributed by atoms with E-state index in [2.05, 4.69) is 0 Å². The van der Waals surface area contributed by atoms with Gasteiger partial charge in [0.2, 0.25) is 0 Å². The zero-order chi connectivity index (χ0) is 9.42. The summed E-state index contributed by atoms with van der Waals surface area (Å²) >= 11 is 0. The number of carbonyl (C=O) groups is 1. The van der Waals surface area contributed by atoms with Crippen molar-refractivity contribution in [1.82, 2.24) is 0 Å². The van der Waals surface area contributed by atoms with Crippen molar-refractivity contribution >= 4 is 11.7 Å². The van der Waals surface area contributed by atoms with Crippen molar-refractivity contribution in [1.29, 1.82) is 0 Å². The van der Waals surface area contributed by atoms with E-state index in [0.717, 1.165) is 23.2 Å². The summed E-state index contributed by atoms with van der Waals surface area (Å²) in [4.78, 5) is 11.3. The maximum Gasteiger partial charge on any atom is 0.338 e. The van der Waals surface area contributed by atoms with Gasteiger partial charge < -0.3 is 10.5 Å². The number of anilines is 1. The second kappa shape index (κ2) is 2.76. The number of ether oxygens (including phenoxy) is 1. The highest BCUT2D eigenvalue weighted by Gasteiger charge is 2.18. The standard InChI is InChI=1S/C10H11NO2/c1-6-4-8-7(5-9(6)11)2-3-13-10(8)12/h4-5H,2-3,11H2,1H3. The van der Waals surface area contributed by atoms with Gasteiger partial charge in [0.25, 0.3) is 0 Å². The van der Waals surface area contributed by atoms with Crippen LogP contribution in [0.2, 0.25) is 0 Å². The molecule has 2 N–H and O–H groups in total. The van der Waals surface area contributed by atoms with E-state index in [1.807, 2.05) is 13.0 Å². The molecule has 0 bridgehead atoms. The Kier molecular flexibility index (Phi) is 1.72. The van der Waals surface area contributed by atoms with Gasteiger partial charge >= 0.3 is 5.97 Å². The Morgan fingerprint density at radius 3 is 3.00 bits per heavy atom. The third kappa shape index (κ3) is 1.26. The highest BCUT2D eigenvalue weighted by molar-refractivity contribution is 5.93. The van der Waals surface area contributed by atoms with Gasteiger partial charge in [0.05, 0.1) is 12.2 Å². The summed E-state index contributed by atoms with van der Waals surface area (Å²) in [5, 5.41) is 0. The predicted molar refractivity (Wildman–Crippen MR) is 49.6 cm³/mol. The molecule has 0 aliphatic carbocycles. The van der Waals surface area contributed by atoms with Crippen molar-refractivity contribution in [3.05, 3.63) is 28.8 Å². The first-order valence-corrected chi connectivity index (χ1v) is 4.24. The molecule has 3 heteroatoms. The minimum Gasteiger partial charge on any atom is -0.462 e. The number of hydrogen-bond acceptors (Lipinski definition) is 3. The van der Waals surface area contributed by atoms with Gasteiger partial charge in [-0.1, -0.05) is 0 Å². The van der Waals surface area contributed by atoms with Gasteiger partial charge in [0.1, 0.15) is 0 Å². The van der Waals surface area contributed by atoms with E-state index < -0.39 is 0 Å². The van der Waals surface area contributed by atoms with Crippen LogP contribution in [0.3, 0.4) is 0 Å². The highest BCUT2D eigenvalue weighted by atomic mass is 16.5. The van der Waals surface area contributed by atoms with Crippen molar-refractivity contribution in [2.45, 2.75) is 13.3 Å². The fourth-order valence-corrected chi connectivity index (χ4v) is 1.50. The monoisotopic (exact) mass is 177 g/mol. The van der Waals surface area contributed by atoms with Gasteiger partial charge in [0.15, 0.2) is 0 Å². The summed E-state index contributed by atoms with van der Waals surface area (Å²) in [5.41, 5.74) is 9.07. The molecule has 0 amide bonds. The van der Waals surface area contributed by atoms with Gasteiger partial charge in [-0.15, -0.1) is 0 Å². The number of nitrogens with two attached hydrogens (primary N) is 1. The third-order valence-electron chi connectivity index (χ3n) is 2.32. The highest BCUT2D eigenvalue weighted by Crippen LogP contribution is 2.22. The minimum atomic E-state index is -0.232. The zero-order valence-electron chi connectivity index (χ0n) is 7.46. The van der Waals surface area contributed by atoms with Crippen LogP contribution in [-0.2, 0) is 11.2 Å². The SMILES string of the molecule is Cc1cc2c(cc1N)CCOC2=O. The molecular weight excluding hydrogens is 166 g/mol. The zero-order valence-corrected chi connectivity index (χ0v) is 7.46. The molecule has 1 aromatic carbocycles. The molecule has 0 aromatic heterocycles. The van der Waals surface area contributed by atoms with Crippen LogP contribution in [0.4, 0.5) is 5.69 Å². The van der Waals surface area contributed by atoms with Crippen LogP contribution in [0.15, 0.2) is 12.1 Å². The number of aryl methyl sites for hydroxylation is 1. The van der Waals surface area contributed by atoms with Gasteiger partial charge in [-0.25, -0.2) is 4.79 Å². The number of cyclic esters (lactones) is 1. The fourth-order valence-electron chi connectivity index (χ4n) is 1.50. The van der Waals surface area contributed by atoms with E-state index in [9.17, 15) is 4.79 Å². The van der Waals surface area contributed by atoms with Crippen LogP contribution in [0.1, 0.15) is 21.5 Å². The third-order valence-corrected chi connectivity index (χ3v) is 2.32. The van der Waals surface area contributed by atoms with Crippen molar-refractivity contribution < 1.29 is 9.53 Å². The van der Waals surface area contributed by atoms with Crippen LogP contribution in [0, 0.1) is 6.92 Å². The molecule has 0 saturated carbocycles. The van der Waals surface area contributed by atoms with E-state index in [1.54, 1.807) is 6.07 Å². The number of rotatable bonds is 0. The topological polar surface area (TPSA) is 52.3 Å². The van der Waals surface area contributed by atoms with Crippen molar-refractivity contribution in [2.24, 2.45) is 0 Å². The molecule has 1 aliphatic heterocycles. The number of fused-ring (bicyclic) bond motifs is 1. The lowest BCUT2D eigenvalue weighted by Gasteiger charge is -2.16. The van der Waals surface area contributed by atoms with Crippen LogP contribution < -0.4 is 5.73 Å². The van der Waals surface area contributed by atoms with E-state index in [4.69, 9.17) is 10.5 Å². The smallest absolute Gasteiger partial charge is 0.338 e. The van der Waals surface area contributed by atoms with E-state index in [0.29, 0.717) is 12.2 Å². The van der Waals surface area contributed by atoms with E-state index >= 15 is 0 Å². The van der Waals surface area contributed by atoms with Crippen molar-refractivity contribution in [3.8, 4) is 0 Å². The number of nitrogen functional groups attached to an aromatic ring is 1. The molecule has 0 radical (unpaired) electrons. The molecule has 13 heavy (non-hydrogen) atoms. The number of carbonyl (C=O) groups excluding carboxylic acids is 1. The van der Waals surface area contributed by atoms with Crippen molar-refractivity contribution in [3.63, 3.8) is 0 Å². The van der Waals surface area contributed by atoms with Crippen LogP contribution in [0.5, 0.6) is 0 Å². The molecular formula is C10H11NO2. The number of hydrogen-bond donors (Lipinski definition) is 1. The summed E-state index contributed by atoms with van der Waals surface area (Å²) in [7, 11) is 0. The summed E-state index contributed by atoms with van der Waals surface area (Å²) in [5.74, 6) is -0.232. The molecule has 0 fully saturated rings. The Balaban J connectivity index is 2.58. The van der Waals surface area contributed by atoms with Crippen molar-refractivity contribution in [2.75, 3.05) is 12.3 Å². The lowest BCUT2D eigenvalue weighted by atomic mass is 9.99. The lowest BCUT2D eigenvalue weighted by molar-refractivity contribution is 0.0480. The molecule has 1 heterocycles. The maximum absolute atomic E-state index is 11.3. The summed E-state index contributed by atoms with van der Waals surface area (Å²) in [6.45, 7) is 2.35. The molecule has 1 aromatic rings. The maximum atomic E-state index is 11.3. The molecule has 1 aliphatic rings. The first-order valence-electron chi connectivity index (χ1n) is 4.24. The quantitative estimate of drug-likeness (QED) is 0.480. The minimum absolute atomic E-state index is 0.232. The van der Waals surface area contributed by atoms with Crippen LogP contribution >= 0.6 is 0 Å². The first-order chi connectivity index (χ1) is 6.18. The van der Waals surface area contributed by atoms with Gasteiger partial charge in [-0.2, -0.15) is 0 Å². The Bertz CT molecular complexity index is 371. The van der Waals surface area contributed by atoms with Crippen LogP contribution in [-0.4, -0.2) is 12.6 Å². The molecule has 3 nitrogen and oxygen atoms in total. The average Bonchev–Trinajstić information content (AvgIpc) is 2.09. The van der Waals surface area contributed by atoms with Crippen LogP contribution in [0.25, 0.3) is 0 Å². The number of benzene rings is 1. The second-order valence-corrected chi connectivity index (χ2v) is 3.25. The molecule has 68 valence electrons. The second-order valence-electron chi connectivity index (χ2n) is 3.25. The molecule has 0 unspecified atom stereocenters. The lowest BCUT2D eigenvalue weighted by Crippen LogP contribution is -2.18. The Morgan fingerprint density at radius 2 is 2.23 bits per heavy atom. The molecule has 2 rings (SSSR count).